The molecular weight excluding hydrogens is 481 g/mol. The number of rotatable bonds is 8. The third-order valence-corrected chi connectivity index (χ3v) is 5.38. The van der Waals surface area contributed by atoms with Gasteiger partial charge >= 0.3 is 12.1 Å². The maximum atomic E-state index is 13.2. The molecule has 0 fully saturated rings. The monoisotopic (exact) mass is 502 g/mol. The van der Waals surface area contributed by atoms with Gasteiger partial charge in [-0.2, -0.15) is 18.4 Å². The molecule has 0 bridgehead atoms. The minimum Gasteiger partial charge on any atom is -0.449 e. The molecule has 1 unspecified atom stereocenters. The molecule has 1 N–H and O–H groups in total. The maximum absolute atomic E-state index is 13.2. The Labute approximate surface area is 206 Å². The van der Waals surface area contributed by atoms with Gasteiger partial charge in [0.05, 0.1) is 21.8 Å². The minimum atomic E-state index is -4.54. The van der Waals surface area contributed by atoms with Crippen molar-refractivity contribution in [2.45, 2.75) is 32.4 Å². The van der Waals surface area contributed by atoms with Crippen LogP contribution in [0.25, 0.3) is 0 Å². The number of hydrogen-bond acceptors (Lipinski definition) is 5. The van der Waals surface area contributed by atoms with Gasteiger partial charge in [0, 0.05) is 5.56 Å². The van der Waals surface area contributed by atoms with Gasteiger partial charge in [-0.15, -0.1) is 0 Å². The van der Waals surface area contributed by atoms with Crippen molar-refractivity contribution in [3.8, 4) is 11.8 Å². The number of alkyl halides is 3. The van der Waals surface area contributed by atoms with Crippen molar-refractivity contribution in [1.82, 2.24) is 0 Å². The molecular formula is C26H22ClF3N2O3. The van der Waals surface area contributed by atoms with Crippen LogP contribution >= 0.6 is 11.6 Å². The highest BCUT2D eigenvalue weighted by molar-refractivity contribution is 6.33. The van der Waals surface area contributed by atoms with E-state index in [1.54, 1.807) is 68.4 Å². The van der Waals surface area contributed by atoms with Crippen LogP contribution in [0.1, 0.15) is 36.8 Å². The highest BCUT2D eigenvalue weighted by Crippen LogP contribution is 2.34. The smallest absolute Gasteiger partial charge is 0.416 e. The number of benzene rings is 3. The summed E-state index contributed by atoms with van der Waals surface area (Å²) in [6.45, 7) is 3.50. The van der Waals surface area contributed by atoms with E-state index in [-0.39, 0.29) is 27.9 Å². The molecule has 0 aliphatic rings. The maximum Gasteiger partial charge on any atom is 0.416 e. The molecule has 0 saturated heterocycles. The zero-order valence-corrected chi connectivity index (χ0v) is 19.6. The predicted molar refractivity (Wildman–Crippen MR) is 126 cm³/mol. The zero-order valence-electron chi connectivity index (χ0n) is 18.8. The molecule has 5 nitrogen and oxygen atoms in total. The molecule has 0 aliphatic carbocycles. The van der Waals surface area contributed by atoms with E-state index >= 15 is 0 Å². The average molecular weight is 503 g/mol. The van der Waals surface area contributed by atoms with Crippen molar-refractivity contribution >= 4 is 23.3 Å². The molecule has 3 aromatic carbocycles. The summed E-state index contributed by atoms with van der Waals surface area (Å²) >= 11 is 6.06. The van der Waals surface area contributed by atoms with Crippen molar-refractivity contribution in [3.63, 3.8) is 0 Å². The van der Waals surface area contributed by atoms with Gasteiger partial charge in [-0.25, -0.2) is 4.79 Å². The van der Waals surface area contributed by atoms with Crippen LogP contribution in [-0.2, 0) is 15.7 Å². The van der Waals surface area contributed by atoms with Crippen LogP contribution in [0.15, 0.2) is 72.8 Å². The Kier molecular flexibility index (Phi) is 8.26. The van der Waals surface area contributed by atoms with E-state index in [9.17, 15) is 23.2 Å². The topological polar surface area (TPSA) is 71.3 Å². The molecule has 182 valence electrons. The lowest BCUT2D eigenvalue weighted by Gasteiger charge is -2.26. The fraction of sp³-hybridized carbons (Fsp3) is 0.231. The Hall–Kier alpha value is -3.70. The van der Waals surface area contributed by atoms with Gasteiger partial charge in [0.2, 0.25) is 0 Å². The Morgan fingerprint density at radius 3 is 2.29 bits per heavy atom. The summed E-state index contributed by atoms with van der Waals surface area (Å²) in [5.74, 6) is -0.792. The van der Waals surface area contributed by atoms with Crippen molar-refractivity contribution in [1.29, 1.82) is 5.26 Å². The summed E-state index contributed by atoms with van der Waals surface area (Å²) < 4.78 is 50.5. The lowest BCUT2D eigenvalue weighted by molar-refractivity contribution is -0.167. The molecule has 3 aromatic rings. The van der Waals surface area contributed by atoms with E-state index in [4.69, 9.17) is 21.1 Å². The van der Waals surface area contributed by atoms with E-state index in [0.717, 1.165) is 12.1 Å². The zero-order chi connectivity index (χ0) is 25.6. The molecule has 2 atom stereocenters. The first kappa shape index (κ1) is 25.9. The van der Waals surface area contributed by atoms with Gasteiger partial charge in [0.1, 0.15) is 17.9 Å². The summed E-state index contributed by atoms with van der Waals surface area (Å²) in [7, 11) is 0. The quantitative estimate of drug-likeness (QED) is 0.265. The Balaban J connectivity index is 1.86. The number of esters is 1. The molecule has 0 aromatic heterocycles. The summed E-state index contributed by atoms with van der Waals surface area (Å²) in [4.78, 5) is 13.2. The van der Waals surface area contributed by atoms with E-state index in [0.29, 0.717) is 5.56 Å². The number of anilines is 1. The normalized spacial score (nSPS) is 13.0. The van der Waals surface area contributed by atoms with E-state index in [1.165, 1.54) is 6.07 Å². The van der Waals surface area contributed by atoms with Gasteiger partial charge in [0.25, 0.3) is 6.29 Å². The molecule has 0 radical (unpaired) electrons. The number of para-hydroxylation sites is 1. The first-order chi connectivity index (χ1) is 16.6. The molecule has 35 heavy (non-hydrogen) atoms. The van der Waals surface area contributed by atoms with Gasteiger partial charge in [-0.3, -0.25) is 0 Å². The van der Waals surface area contributed by atoms with E-state index in [1.807, 2.05) is 6.07 Å². The Morgan fingerprint density at radius 1 is 1.03 bits per heavy atom. The van der Waals surface area contributed by atoms with Gasteiger partial charge in [-0.1, -0.05) is 67.9 Å². The summed E-state index contributed by atoms with van der Waals surface area (Å²) in [5.41, 5.74) is 0.0518. The Morgan fingerprint density at radius 2 is 1.69 bits per heavy atom. The van der Waals surface area contributed by atoms with E-state index < -0.39 is 30.0 Å². The summed E-state index contributed by atoms with van der Waals surface area (Å²) in [6, 6.07) is 19.1. The molecule has 0 amide bonds. The summed E-state index contributed by atoms with van der Waals surface area (Å²) in [6.07, 6.45) is -5.72. The van der Waals surface area contributed by atoms with Crippen molar-refractivity contribution in [3.05, 3.63) is 94.5 Å². The molecule has 0 saturated carbocycles. The number of hydrogen-bond donors (Lipinski definition) is 1. The number of ether oxygens (including phenoxy) is 2. The first-order valence-corrected chi connectivity index (χ1v) is 11.0. The van der Waals surface area contributed by atoms with Gasteiger partial charge in [0.15, 0.2) is 0 Å². The number of nitrogens with zero attached hydrogens (tertiary/aromatic N) is 1. The second kappa shape index (κ2) is 11.2. The second-order valence-electron chi connectivity index (χ2n) is 7.96. The molecule has 0 heterocycles. The number of nitrogens with one attached hydrogen (secondary N) is 1. The van der Waals surface area contributed by atoms with Crippen molar-refractivity contribution in [2.24, 2.45) is 5.92 Å². The molecule has 9 heteroatoms. The molecule has 0 spiro atoms. The number of halogens is 4. The third kappa shape index (κ3) is 6.67. The third-order valence-electron chi connectivity index (χ3n) is 5.06. The highest BCUT2D eigenvalue weighted by Gasteiger charge is 2.32. The SMILES string of the molecule is CC(C)[C@H](Nc1ccc(C(F)(F)F)cc1Cl)C(=O)OC(Oc1ccccc1C#N)c1ccccc1. The van der Waals surface area contributed by atoms with Crippen LogP contribution in [0.4, 0.5) is 18.9 Å². The molecule has 0 aliphatic heterocycles. The van der Waals surface area contributed by atoms with Crippen LogP contribution in [0.2, 0.25) is 5.02 Å². The average Bonchev–Trinajstić information content (AvgIpc) is 2.82. The van der Waals surface area contributed by atoms with Crippen LogP contribution in [0.5, 0.6) is 5.75 Å². The van der Waals surface area contributed by atoms with Gasteiger partial charge in [-0.05, 0) is 36.2 Å². The van der Waals surface area contributed by atoms with Crippen LogP contribution in [0.3, 0.4) is 0 Å². The highest BCUT2D eigenvalue weighted by atomic mass is 35.5. The second-order valence-corrected chi connectivity index (χ2v) is 8.37. The fourth-order valence-electron chi connectivity index (χ4n) is 3.20. The van der Waals surface area contributed by atoms with Crippen molar-refractivity contribution in [2.75, 3.05) is 5.32 Å². The van der Waals surface area contributed by atoms with Gasteiger partial charge < -0.3 is 14.8 Å². The Bertz CT molecular complexity index is 1210. The number of nitriles is 1. The van der Waals surface area contributed by atoms with Crippen molar-refractivity contribution < 1.29 is 27.4 Å². The number of carbonyl (C=O) groups is 1. The lowest BCUT2D eigenvalue weighted by Crippen LogP contribution is -2.37. The molecule has 3 rings (SSSR count). The van der Waals surface area contributed by atoms with Crippen LogP contribution in [-0.4, -0.2) is 12.0 Å². The largest absolute Gasteiger partial charge is 0.449 e. The van der Waals surface area contributed by atoms with Crippen LogP contribution in [0, 0.1) is 17.2 Å². The predicted octanol–water partition coefficient (Wildman–Crippen LogP) is 6.99. The standard InChI is InChI=1S/C26H22ClF3N2O3/c1-16(2)23(32-21-13-12-19(14-20(21)27)26(28,29)30)24(33)35-25(17-8-4-3-5-9-17)34-22-11-7-6-10-18(22)15-31/h3-14,16,23,25,32H,1-2H3/t23-,25?/m0/s1. The lowest BCUT2D eigenvalue weighted by atomic mass is 10.0. The van der Waals surface area contributed by atoms with Crippen LogP contribution < -0.4 is 10.1 Å². The summed E-state index contributed by atoms with van der Waals surface area (Å²) in [5, 5.41) is 12.1. The van der Waals surface area contributed by atoms with E-state index in [2.05, 4.69) is 5.32 Å². The number of carbonyl (C=O) groups excluding carboxylic acids is 1. The first-order valence-electron chi connectivity index (χ1n) is 10.6. The fourth-order valence-corrected chi connectivity index (χ4v) is 3.44. The minimum absolute atomic E-state index is 0.155.